The van der Waals surface area contributed by atoms with Crippen LogP contribution in [0.1, 0.15) is 119 Å². The molecule has 0 fully saturated rings. The summed E-state index contributed by atoms with van der Waals surface area (Å²) in [5.74, 6) is -0.629. The summed E-state index contributed by atoms with van der Waals surface area (Å²) in [4.78, 5) is 13.7. The zero-order chi connectivity index (χ0) is 50.2. The van der Waals surface area contributed by atoms with Crippen molar-refractivity contribution in [2.45, 2.75) is 149 Å². The molecule has 11 nitrogen and oxygen atoms in total. The van der Waals surface area contributed by atoms with Gasteiger partial charge in [-0.2, -0.15) is 10.2 Å². The first-order valence-corrected chi connectivity index (χ1v) is 29.5. The fraction of sp³-hybridized carbons (Fsp3) is 0.528. The smallest absolute Gasteiger partial charge is 0.354 e. The maximum absolute atomic E-state index is 14.1. The van der Waals surface area contributed by atoms with Crippen molar-refractivity contribution in [2.75, 3.05) is 20.3 Å². The Bertz CT molecular complexity index is 2750. The predicted octanol–water partition coefficient (Wildman–Crippen LogP) is 13.5. The molecule has 3 aromatic carbocycles. The summed E-state index contributed by atoms with van der Waals surface area (Å²) >= 11 is 7.36. The van der Waals surface area contributed by atoms with E-state index in [2.05, 4.69) is 80.0 Å². The molecule has 1 N–H and O–H groups in total. The number of aryl methyl sites for hydroxylation is 6. The van der Waals surface area contributed by atoms with E-state index in [9.17, 15) is 14.3 Å². The topological polar surface area (TPSA) is 115 Å². The molecule has 6 rings (SSSR count). The van der Waals surface area contributed by atoms with Gasteiger partial charge in [0.25, 0.3) is 0 Å². The van der Waals surface area contributed by atoms with Gasteiger partial charge >= 0.3 is 5.97 Å². The zero-order valence-electron chi connectivity index (χ0n) is 43.4. The second-order valence-corrected chi connectivity index (χ2v) is 31.7. The van der Waals surface area contributed by atoms with Crippen molar-refractivity contribution < 1.29 is 32.6 Å². The lowest BCUT2D eigenvalue weighted by atomic mass is 9.95. The molecule has 15 heteroatoms. The van der Waals surface area contributed by atoms with Gasteiger partial charge in [0.1, 0.15) is 29.1 Å². The number of esters is 1. The molecular weight excluding hydrogens is 913 g/mol. The van der Waals surface area contributed by atoms with E-state index in [0.29, 0.717) is 76.2 Å². The highest BCUT2D eigenvalue weighted by atomic mass is 35.5. The van der Waals surface area contributed by atoms with Crippen LogP contribution >= 0.6 is 11.6 Å². The molecule has 0 radical (unpaired) electrons. The minimum absolute atomic E-state index is 0.0801. The third-order valence-electron chi connectivity index (χ3n) is 14.8. The molecule has 0 aliphatic heterocycles. The number of fused-ring (bicyclic) bond motifs is 2. The Balaban J connectivity index is 1.40. The Kier molecular flexibility index (Phi) is 16.3. The monoisotopic (exact) mass is 987 g/mol. The van der Waals surface area contributed by atoms with Crippen LogP contribution in [0.3, 0.4) is 0 Å². The minimum atomic E-state index is -2.39. The maximum atomic E-state index is 14.1. The Hall–Kier alpha value is -4.32. The number of carbonyl (C=O) groups excluding carboxylic acids is 1. The third kappa shape index (κ3) is 10.6. The summed E-state index contributed by atoms with van der Waals surface area (Å²) < 4.78 is 46.2. The molecule has 0 saturated heterocycles. The Labute approximate surface area is 410 Å². The van der Waals surface area contributed by atoms with E-state index in [-0.39, 0.29) is 29.8 Å². The summed E-state index contributed by atoms with van der Waals surface area (Å²) in [6.45, 7) is 30.5. The van der Waals surface area contributed by atoms with Crippen LogP contribution in [0.15, 0.2) is 48.5 Å². The van der Waals surface area contributed by atoms with Gasteiger partial charge < -0.3 is 28.0 Å². The molecule has 1 atom stereocenters. The summed E-state index contributed by atoms with van der Waals surface area (Å²) in [5, 5.41) is 23.5. The first-order valence-electron chi connectivity index (χ1n) is 24.1. The predicted molar refractivity (Wildman–Crippen MR) is 278 cm³/mol. The highest BCUT2D eigenvalue weighted by molar-refractivity contribution is 6.77. The van der Waals surface area contributed by atoms with Gasteiger partial charge in [0.15, 0.2) is 16.6 Å². The van der Waals surface area contributed by atoms with E-state index in [1.54, 1.807) is 12.1 Å². The van der Waals surface area contributed by atoms with E-state index in [1.165, 1.54) is 19.2 Å². The van der Waals surface area contributed by atoms with Crippen LogP contribution < -0.4 is 0 Å². The first kappa shape index (κ1) is 53.0. The van der Waals surface area contributed by atoms with Gasteiger partial charge in [0, 0.05) is 71.1 Å². The number of phenolic OH excluding ortho intramolecular Hbond substituents is 1. The standard InChI is InChI=1S/C53H75ClFN5O6Si2/c1-32(2)68(33(3)4,34(5)6)66-31-46(64-30-40-29-41(59(13)56-40)20-18-37-26-38-28-39(55)19-21-42(38)45(61)27-37)50-48(36(8)58(12)57-50)49-43(54)22-23-44-47(49)35(7)51(52(62)63-14)60(44)24-17-25-65-67(15,16)53(9,10)11/h19,21-23,26-29,32-34,46,61H,17-18,20,24-25,30-31H2,1-16H3. The van der Waals surface area contributed by atoms with Crippen molar-refractivity contribution in [2.24, 2.45) is 14.1 Å². The molecule has 370 valence electrons. The molecule has 1 unspecified atom stereocenters. The number of phenols is 1. The number of hydrogen-bond donors (Lipinski definition) is 1. The molecule has 0 aliphatic carbocycles. The van der Waals surface area contributed by atoms with E-state index < -0.39 is 28.7 Å². The molecular formula is C53H75ClFN5O6Si2. The van der Waals surface area contributed by atoms with E-state index in [0.717, 1.165) is 50.2 Å². The fourth-order valence-corrected chi connectivity index (χ4v) is 16.9. The number of methoxy groups -OCH3 is 1. The minimum Gasteiger partial charge on any atom is -0.507 e. The van der Waals surface area contributed by atoms with Crippen LogP contribution in [-0.2, 0) is 58.4 Å². The van der Waals surface area contributed by atoms with Crippen LogP contribution in [0.25, 0.3) is 32.8 Å². The average molecular weight is 989 g/mol. The van der Waals surface area contributed by atoms with E-state index in [1.807, 2.05) is 61.6 Å². The average Bonchev–Trinajstić information content (AvgIpc) is 3.86. The van der Waals surface area contributed by atoms with Crippen molar-refractivity contribution in [3.63, 3.8) is 0 Å². The SMILES string of the molecule is COC(=O)c1c(C)c2c(-c3c(C(CO[Si](C(C)C)(C(C)C)C(C)C)OCc4cc(CCc5cc(O)c6ccc(F)cc6c5)n(C)n4)nn(C)c3C)c(Cl)ccc2n1CCCO[Si](C)(C)C(C)(C)C. The number of carbonyl (C=O) groups is 1. The number of nitrogens with zero attached hydrogens (tertiary/aromatic N) is 5. The number of rotatable bonds is 20. The molecule has 68 heavy (non-hydrogen) atoms. The largest absolute Gasteiger partial charge is 0.507 e. The second kappa shape index (κ2) is 21.0. The van der Waals surface area contributed by atoms with Gasteiger partial charge in [-0.05, 0) is 127 Å². The number of aromatic nitrogens is 5. The van der Waals surface area contributed by atoms with Gasteiger partial charge in [-0.15, -0.1) is 0 Å². The van der Waals surface area contributed by atoms with Crippen molar-refractivity contribution in [1.82, 2.24) is 24.1 Å². The normalized spacial score (nSPS) is 13.3. The Morgan fingerprint density at radius 2 is 1.56 bits per heavy atom. The summed E-state index contributed by atoms with van der Waals surface area (Å²) in [6.07, 6.45) is 1.35. The molecule has 3 aromatic heterocycles. The summed E-state index contributed by atoms with van der Waals surface area (Å²) in [5.41, 5.74) is 8.97. The molecule has 3 heterocycles. The van der Waals surface area contributed by atoms with Crippen LogP contribution in [0.2, 0.25) is 39.8 Å². The molecule has 0 amide bonds. The lowest BCUT2D eigenvalue weighted by molar-refractivity contribution is -0.000494. The van der Waals surface area contributed by atoms with Crippen molar-refractivity contribution in [3.8, 4) is 16.9 Å². The van der Waals surface area contributed by atoms with Gasteiger partial charge in [-0.3, -0.25) is 9.36 Å². The van der Waals surface area contributed by atoms with Crippen molar-refractivity contribution in [1.29, 1.82) is 0 Å². The van der Waals surface area contributed by atoms with Crippen LogP contribution in [0.5, 0.6) is 5.75 Å². The maximum Gasteiger partial charge on any atom is 0.354 e. The van der Waals surface area contributed by atoms with Crippen molar-refractivity contribution >= 4 is 55.9 Å². The van der Waals surface area contributed by atoms with Gasteiger partial charge in [-0.1, -0.05) is 80.0 Å². The van der Waals surface area contributed by atoms with Gasteiger partial charge in [0.05, 0.1) is 26.0 Å². The first-order chi connectivity index (χ1) is 31.8. The Morgan fingerprint density at radius 1 is 0.882 bits per heavy atom. The Morgan fingerprint density at radius 3 is 2.19 bits per heavy atom. The zero-order valence-corrected chi connectivity index (χ0v) is 46.1. The van der Waals surface area contributed by atoms with Crippen LogP contribution in [0.4, 0.5) is 4.39 Å². The lowest BCUT2D eigenvalue weighted by Crippen LogP contribution is -2.48. The lowest BCUT2D eigenvalue weighted by Gasteiger charge is -2.42. The van der Waals surface area contributed by atoms with Crippen LogP contribution in [-0.4, -0.2) is 72.2 Å². The van der Waals surface area contributed by atoms with Gasteiger partial charge in [-0.25, -0.2) is 9.18 Å². The summed E-state index contributed by atoms with van der Waals surface area (Å²) in [7, 11) is 0.896. The molecule has 0 aliphatic rings. The van der Waals surface area contributed by atoms with E-state index >= 15 is 0 Å². The highest BCUT2D eigenvalue weighted by Gasteiger charge is 2.46. The number of aromatic hydroxyl groups is 1. The molecule has 0 bridgehead atoms. The quantitative estimate of drug-likeness (QED) is 0.0457. The van der Waals surface area contributed by atoms with E-state index in [4.69, 9.17) is 40.1 Å². The molecule has 0 spiro atoms. The second-order valence-electron chi connectivity index (χ2n) is 21.0. The molecule has 0 saturated carbocycles. The van der Waals surface area contributed by atoms with Crippen molar-refractivity contribution in [3.05, 3.63) is 99.0 Å². The molecule has 6 aromatic rings. The summed E-state index contributed by atoms with van der Waals surface area (Å²) in [6, 6.07) is 14.0. The third-order valence-corrected chi connectivity index (χ3v) is 25.7. The number of hydrogen-bond acceptors (Lipinski definition) is 8. The fourth-order valence-electron chi connectivity index (χ4n) is 10.2. The van der Waals surface area contributed by atoms with Gasteiger partial charge in [0.2, 0.25) is 0 Å². The highest BCUT2D eigenvalue weighted by Crippen LogP contribution is 2.47. The number of ether oxygens (including phenoxy) is 2. The van der Waals surface area contributed by atoms with Crippen LogP contribution in [0, 0.1) is 19.7 Å². The number of halogens is 2. The number of benzene rings is 3.